The summed E-state index contributed by atoms with van der Waals surface area (Å²) in [5.74, 6) is 0.823. The molecule has 248 valence electrons. The minimum Gasteiger partial charge on any atom is -0.313 e. The Bertz CT molecular complexity index is 2710. The molecule has 0 spiro atoms. The fourth-order valence-electron chi connectivity index (χ4n) is 9.69. The highest BCUT2D eigenvalue weighted by atomic mass is 32.2. The Morgan fingerprint density at radius 3 is 2.35 bits per heavy atom. The lowest BCUT2D eigenvalue weighted by molar-refractivity contribution is 0.728. The van der Waals surface area contributed by atoms with Crippen LogP contribution in [0.4, 0.5) is 0 Å². The average Bonchev–Trinajstić information content (AvgIpc) is 3.86. The number of fused-ring (bicyclic) bond motifs is 8. The molecule has 0 saturated carbocycles. The maximum atomic E-state index is 2.60. The van der Waals surface area contributed by atoms with Crippen LogP contribution >= 0.6 is 11.8 Å². The summed E-state index contributed by atoms with van der Waals surface area (Å²) in [5.41, 5.74) is 12.8. The molecule has 2 aromatic heterocycles. The molecule has 3 heterocycles. The lowest BCUT2D eigenvalue weighted by Crippen LogP contribution is -2.35. The highest BCUT2D eigenvalue weighted by molar-refractivity contribution is 8.04. The summed E-state index contributed by atoms with van der Waals surface area (Å²) in [4.78, 5) is 1.50. The number of benzene rings is 3. The Kier molecular flexibility index (Phi) is 6.87. The highest BCUT2D eigenvalue weighted by Gasteiger charge is 2.38. The fourth-order valence-corrected chi connectivity index (χ4v) is 11.2. The fraction of sp³-hybridized carbons (Fsp3) is 0.208. The first-order valence-corrected chi connectivity index (χ1v) is 19.7. The van der Waals surface area contributed by atoms with Crippen molar-refractivity contribution in [2.24, 2.45) is 5.92 Å². The number of nitrogens with zero attached hydrogens (tertiary/aromatic N) is 2. The van der Waals surface area contributed by atoms with Crippen LogP contribution in [-0.4, -0.2) is 14.4 Å². The smallest absolute Gasteiger partial charge is 0.0601 e. The van der Waals surface area contributed by atoms with Crippen LogP contribution in [0.15, 0.2) is 149 Å². The average molecular weight is 677 g/mol. The van der Waals surface area contributed by atoms with Gasteiger partial charge in [0.15, 0.2) is 0 Å². The predicted octanol–water partition coefficient (Wildman–Crippen LogP) is 11.1. The lowest BCUT2D eigenvalue weighted by Gasteiger charge is -2.26. The van der Waals surface area contributed by atoms with Crippen LogP contribution in [0.3, 0.4) is 0 Å². The second kappa shape index (κ2) is 11.8. The van der Waals surface area contributed by atoms with Gasteiger partial charge in [-0.05, 0) is 104 Å². The van der Waals surface area contributed by atoms with Gasteiger partial charge in [-0.15, -0.1) is 11.8 Å². The molecule has 51 heavy (non-hydrogen) atoms. The van der Waals surface area contributed by atoms with E-state index in [9.17, 15) is 0 Å². The quantitative estimate of drug-likeness (QED) is 0.184. The summed E-state index contributed by atoms with van der Waals surface area (Å²) in [6.45, 7) is 0. The minimum absolute atomic E-state index is 0.327. The van der Waals surface area contributed by atoms with Crippen LogP contribution < -0.4 is 10.6 Å². The summed E-state index contributed by atoms with van der Waals surface area (Å²) in [6, 6.07) is 25.4. The van der Waals surface area contributed by atoms with Gasteiger partial charge in [0.25, 0.3) is 0 Å². The minimum atomic E-state index is 0.327. The van der Waals surface area contributed by atoms with Crippen molar-refractivity contribution >= 4 is 68.0 Å². The zero-order chi connectivity index (χ0) is 33.5. The van der Waals surface area contributed by atoms with Gasteiger partial charge in [0.1, 0.15) is 0 Å². The highest BCUT2D eigenvalue weighted by Crippen LogP contribution is 2.52. The van der Waals surface area contributed by atoms with Crippen LogP contribution in [0.2, 0.25) is 0 Å². The van der Waals surface area contributed by atoms with Crippen molar-refractivity contribution in [2.75, 3.05) is 0 Å². The Balaban J connectivity index is 0.998. The Labute approximate surface area is 303 Å². The Morgan fingerprint density at radius 1 is 0.667 bits per heavy atom. The molecule has 2 nitrogen and oxygen atoms in total. The molecule has 5 aromatic rings. The summed E-state index contributed by atoms with van der Waals surface area (Å²) in [6.07, 6.45) is 36.4. The number of allylic oxidation sites excluding steroid dienone is 14. The topological polar surface area (TPSA) is 9.86 Å². The van der Waals surface area contributed by atoms with E-state index in [0.29, 0.717) is 17.1 Å². The van der Waals surface area contributed by atoms with Crippen LogP contribution in [0, 0.1) is 5.92 Å². The third-order valence-electron chi connectivity index (χ3n) is 12.1. The molecular weight excluding hydrogens is 637 g/mol. The molecular formula is C48H40N2S. The van der Waals surface area contributed by atoms with E-state index >= 15 is 0 Å². The van der Waals surface area contributed by atoms with Gasteiger partial charge in [-0.25, -0.2) is 0 Å². The monoisotopic (exact) mass is 676 g/mol. The Morgan fingerprint density at radius 2 is 1.49 bits per heavy atom. The third kappa shape index (κ3) is 4.64. The predicted molar refractivity (Wildman–Crippen MR) is 219 cm³/mol. The van der Waals surface area contributed by atoms with E-state index in [0.717, 1.165) is 32.1 Å². The molecule has 0 N–H and O–H groups in total. The number of hydrogen-bond acceptors (Lipinski definition) is 1. The summed E-state index contributed by atoms with van der Waals surface area (Å²) < 4.78 is 5.13. The van der Waals surface area contributed by atoms with Gasteiger partial charge < -0.3 is 9.13 Å². The second-order valence-corrected chi connectivity index (χ2v) is 16.1. The molecule has 0 radical (unpaired) electrons. The second-order valence-electron chi connectivity index (χ2n) is 14.9. The largest absolute Gasteiger partial charge is 0.313 e. The summed E-state index contributed by atoms with van der Waals surface area (Å²) in [7, 11) is 0. The van der Waals surface area contributed by atoms with Crippen molar-refractivity contribution < 1.29 is 0 Å². The normalized spacial score (nSPS) is 23.7. The molecule has 1 aliphatic heterocycles. The van der Waals surface area contributed by atoms with Gasteiger partial charge in [-0.2, -0.15) is 0 Å². The molecule has 5 aliphatic carbocycles. The molecule has 0 bridgehead atoms. The van der Waals surface area contributed by atoms with E-state index in [2.05, 4.69) is 161 Å². The van der Waals surface area contributed by atoms with Crippen molar-refractivity contribution in [2.45, 2.75) is 56.1 Å². The first-order valence-electron chi connectivity index (χ1n) is 18.9. The summed E-state index contributed by atoms with van der Waals surface area (Å²) >= 11 is 2.08. The standard InChI is InChI=1S/C48H40N2S/c1-2-11-31(12-3-1)32-21-25-35(26-22-32)49-42-17-7-4-13-36(42)40-29-33(23-27-44(40)49)34-24-28-45-41(30-34)37-14-5-8-18-43(37)50(45)46-19-10-16-39-38-15-6-9-20-47(38)51-48(39)46/h1-2,4-5,7-11,13-14,16-21,23,25,27-30,34,39,48H,3,6,12,15,22,24,26H2. The van der Waals surface area contributed by atoms with Crippen molar-refractivity contribution in [1.29, 1.82) is 0 Å². The van der Waals surface area contributed by atoms with Crippen LogP contribution in [-0.2, 0) is 0 Å². The summed E-state index contributed by atoms with van der Waals surface area (Å²) in [5, 5.41) is 7.23. The van der Waals surface area contributed by atoms with Crippen LogP contribution in [0.5, 0.6) is 0 Å². The molecule has 3 aromatic carbocycles. The number of aromatic nitrogens is 2. The van der Waals surface area contributed by atoms with Crippen LogP contribution in [0.1, 0.15) is 56.4 Å². The molecule has 0 fully saturated rings. The van der Waals surface area contributed by atoms with E-state index in [4.69, 9.17) is 0 Å². The number of para-hydroxylation sites is 2. The van der Waals surface area contributed by atoms with Crippen molar-refractivity contribution in [3.63, 3.8) is 0 Å². The zero-order valence-electron chi connectivity index (χ0n) is 28.8. The molecule has 11 rings (SSSR count). The maximum Gasteiger partial charge on any atom is 0.0601 e. The van der Waals surface area contributed by atoms with Crippen molar-refractivity contribution in [3.8, 4) is 0 Å². The van der Waals surface area contributed by atoms with E-state index in [1.807, 2.05) is 0 Å². The molecule has 3 heteroatoms. The molecule has 3 atom stereocenters. The van der Waals surface area contributed by atoms with Crippen molar-refractivity contribution in [3.05, 3.63) is 165 Å². The van der Waals surface area contributed by atoms with E-state index in [1.165, 1.54) is 89.1 Å². The number of thioether (sulfide) groups is 1. The molecule has 0 amide bonds. The zero-order valence-corrected chi connectivity index (χ0v) is 29.6. The van der Waals surface area contributed by atoms with Gasteiger partial charge in [0.05, 0.1) is 21.8 Å². The molecule has 6 aliphatic rings. The Hall–Kier alpha value is -4.99. The van der Waals surface area contributed by atoms with Crippen molar-refractivity contribution in [1.82, 2.24) is 9.13 Å². The first-order chi connectivity index (χ1) is 25.3. The van der Waals surface area contributed by atoms with E-state index < -0.39 is 0 Å². The van der Waals surface area contributed by atoms with E-state index in [-0.39, 0.29) is 0 Å². The van der Waals surface area contributed by atoms with Crippen LogP contribution in [0.25, 0.3) is 56.3 Å². The number of rotatable bonds is 4. The lowest BCUT2D eigenvalue weighted by atomic mass is 9.86. The first kappa shape index (κ1) is 29.7. The van der Waals surface area contributed by atoms with Gasteiger partial charge in [0.2, 0.25) is 0 Å². The molecule has 3 unspecified atom stereocenters. The van der Waals surface area contributed by atoms with Gasteiger partial charge in [-0.1, -0.05) is 103 Å². The number of hydrogen-bond donors (Lipinski definition) is 0. The maximum absolute atomic E-state index is 2.60. The van der Waals surface area contributed by atoms with Gasteiger partial charge in [0, 0.05) is 54.9 Å². The third-order valence-corrected chi connectivity index (χ3v) is 13.6. The van der Waals surface area contributed by atoms with E-state index in [1.54, 1.807) is 5.57 Å². The SMILES string of the molecule is C1=CCCC(C2=CC=C(n3c4ccccc4c4cc(C5C=c6c(n(C7=CC=CC8C9=C(C=CCC9)SC78)c7ccccc67)=CC5)ccc43)CC2)=C1. The van der Waals surface area contributed by atoms with Gasteiger partial charge >= 0.3 is 0 Å². The van der Waals surface area contributed by atoms with Gasteiger partial charge in [-0.3, -0.25) is 0 Å². The molecule has 0 saturated heterocycles.